The van der Waals surface area contributed by atoms with E-state index in [9.17, 15) is 14.7 Å². The second-order valence-electron chi connectivity index (χ2n) is 7.11. The van der Waals surface area contributed by atoms with Crippen molar-refractivity contribution in [3.8, 4) is 11.1 Å². The molecule has 1 amide bonds. The summed E-state index contributed by atoms with van der Waals surface area (Å²) in [7, 11) is 0. The SMILES string of the molecule is O=C(O)c1sc2c(c1Br)CN(C(=O)OCC1c3ccccc3-c3ccccc31)C2. The van der Waals surface area contributed by atoms with Crippen LogP contribution in [0.15, 0.2) is 53.0 Å². The van der Waals surface area contributed by atoms with Crippen LogP contribution in [0.1, 0.15) is 37.2 Å². The van der Waals surface area contributed by atoms with E-state index >= 15 is 0 Å². The molecule has 1 aliphatic carbocycles. The van der Waals surface area contributed by atoms with Gasteiger partial charge in [0.2, 0.25) is 0 Å². The third-order valence-electron chi connectivity index (χ3n) is 5.50. The minimum atomic E-state index is -0.955. The molecule has 0 radical (unpaired) electrons. The second kappa shape index (κ2) is 7.00. The van der Waals surface area contributed by atoms with Gasteiger partial charge in [0.25, 0.3) is 0 Å². The molecule has 1 aliphatic heterocycles. The summed E-state index contributed by atoms with van der Waals surface area (Å²) in [6, 6.07) is 16.5. The third-order valence-corrected chi connectivity index (χ3v) is 7.84. The van der Waals surface area contributed by atoms with Gasteiger partial charge in [-0.05, 0) is 38.2 Å². The van der Waals surface area contributed by atoms with Gasteiger partial charge >= 0.3 is 12.1 Å². The van der Waals surface area contributed by atoms with Crippen LogP contribution in [0, 0.1) is 0 Å². The Labute approximate surface area is 179 Å². The molecule has 0 bridgehead atoms. The van der Waals surface area contributed by atoms with Crippen molar-refractivity contribution >= 4 is 39.3 Å². The highest BCUT2D eigenvalue weighted by Gasteiger charge is 2.33. The van der Waals surface area contributed by atoms with Crippen LogP contribution in [0.5, 0.6) is 0 Å². The first-order valence-corrected chi connectivity index (χ1v) is 10.8. The van der Waals surface area contributed by atoms with Crippen molar-refractivity contribution < 1.29 is 19.4 Å². The second-order valence-corrected chi connectivity index (χ2v) is 9.01. The maximum Gasteiger partial charge on any atom is 0.410 e. The number of nitrogens with zero attached hydrogens (tertiary/aromatic N) is 1. The maximum atomic E-state index is 12.7. The Bertz CT molecular complexity index is 1110. The molecule has 2 aromatic carbocycles. The van der Waals surface area contributed by atoms with E-state index in [-0.39, 0.29) is 23.5 Å². The lowest BCUT2D eigenvalue weighted by Crippen LogP contribution is -2.27. The Morgan fingerprint density at radius 3 is 2.28 bits per heavy atom. The number of thiophene rings is 1. The van der Waals surface area contributed by atoms with Crippen molar-refractivity contribution in [3.63, 3.8) is 0 Å². The first-order valence-electron chi connectivity index (χ1n) is 9.18. The summed E-state index contributed by atoms with van der Waals surface area (Å²) < 4.78 is 6.27. The van der Waals surface area contributed by atoms with Crippen molar-refractivity contribution in [2.45, 2.75) is 19.0 Å². The predicted molar refractivity (Wildman–Crippen MR) is 113 cm³/mol. The van der Waals surface area contributed by atoms with Gasteiger partial charge in [-0.15, -0.1) is 11.3 Å². The molecule has 0 saturated carbocycles. The van der Waals surface area contributed by atoms with Crippen LogP contribution >= 0.6 is 27.3 Å². The molecule has 146 valence electrons. The summed E-state index contributed by atoms with van der Waals surface area (Å²) in [5, 5.41) is 9.24. The van der Waals surface area contributed by atoms with Gasteiger partial charge in [-0.1, -0.05) is 48.5 Å². The van der Waals surface area contributed by atoms with Crippen LogP contribution in [0.4, 0.5) is 4.79 Å². The number of amides is 1. The number of carbonyl (C=O) groups is 2. The largest absolute Gasteiger partial charge is 0.477 e. The molecular formula is C22H16BrNO4S. The molecule has 5 rings (SSSR count). The number of carboxylic acid groups (broad SMARTS) is 1. The molecule has 1 N–H and O–H groups in total. The standard InChI is InChI=1S/C22H16BrNO4S/c23-19-16-9-24(10-18(16)29-20(19)21(25)26)22(27)28-11-17-14-7-3-1-5-12(14)13-6-2-4-8-15(13)17/h1-8,17H,9-11H2,(H,25,26). The molecule has 0 fully saturated rings. The van der Waals surface area contributed by atoms with Gasteiger partial charge in [-0.3, -0.25) is 4.90 Å². The highest BCUT2D eigenvalue weighted by molar-refractivity contribution is 9.10. The molecule has 29 heavy (non-hydrogen) atoms. The lowest BCUT2D eigenvalue weighted by Gasteiger charge is -2.19. The average Bonchev–Trinajstić information content (AvgIpc) is 3.37. The Morgan fingerprint density at radius 2 is 1.69 bits per heavy atom. The Hall–Kier alpha value is -2.64. The number of aromatic carboxylic acids is 1. The van der Waals surface area contributed by atoms with Crippen molar-refractivity contribution in [1.82, 2.24) is 4.90 Å². The first-order chi connectivity index (χ1) is 14.0. The number of ether oxygens (including phenoxy) is 1. The van der Waals surface area contributed by atoms with E-state index in [1.807, 2.05) is 24.3 Å². The van der Waals surface area contributed by atoms with Crippen molar-refractivity contribution in [3.05, 3.63) is 79.4 Å². The molecule has 0 atom stereocenters. The predicted octanol–water partition coefficient (Wildman–Crippen LogP) is 5.47. The molecule has 7 heteroatoms. The smallest absolute Gasteiger partial charge is 0.410 e. The van der Waals surface area contributed by atoms with Crippen molar-refractivity contribution in [1.29, 1.82) is 0 Å². The van der Waals surface area contributed by atoms with Gasteiger partial charge in [0.1, 0.15) is 11.5 Å². The number of hydrogen-bond donors (Lipinski definition) is 1. The van der Waals surface area contributed by atoms with E-state index in [0.717, 1.165) is 10.4 Å². The van der Waals surface area contributed by atoms with Crippen LogP contribution in [0.3, 0.4) is 0 Å². The van der Waals surface area contributed by atoms with Crippen LogP contribution in [0.2, 0.25) is 0 Å². The molecule has 1 aromatic heterocycles. The Kier molecular flexibility index (Phi) is 4.44. The highest BCUT2D eigenvalue weighted by Crippen LogP contribution is 2.45. The fourth-order valence-corrected chi connectivity index (χ4v) is 6.11. The summed E-state index contributed by atoms with van der Waals surface area (Å²) in [5.74, 6) is -0.933. The summed E-state index contributed by atoms with van der Waals surface area (Å²) in [6.45, 7) is 1.01. The topological polar surface area (TPSA) is 66.8 Å². The van der Waals surface area contributed by atoms with Gasteiger partial charge in [0.15, 0.2) is 0 Å². The van der Waals surface area contributed by atoms with Gasteiger partial charge in [0.05, 0.1) is 13.1 Å². The molecular weight excluding hydrogens is 454 g/mol. The monoisotopic (exact) mass is 469 g/mol. The molecule has 2 aliphatic rings. The molecule has 0 spiro atoms. The Morgan fingerprint density at radius 1 is 1.07 bits per heavy atom. The van der Waals surface area contributed by atoms with Crippen LogP contribution in [-0.4, -0.2) is 28.7 Å². The van der Waals surface area contributed by atoms with Gasteiger partial charge in [0, 0.05) is 20.8 Å². The normalized spacial score (nSPS) is 14.4. The van der Waals surface area contributed by atoms with E-state index in [2.05, 4.69) is 40.2 Å². The van der Waals surface area contributed by atoms with Crippen molar-refractivity contribution in [2.75, 3.05) is 6.61 Å². The number of carbonyl (C=O) groups excluding carboxylic acids is 1. The van der Waals surface area contributed by atoms with Gasteiger partial charge < -0.3 is 9.84 Å². The third kappa shape index (κ3) is 2.96. The van der Waals surface area contributed by atoms with E-state index in [1.165, 1.54) is 33.6 Å². The number of benzene rings is 2. The lowest BCUT2D eigenvalue weighted by molar-refractivity contribution is 0.0701. The zero-order chi connectivity index (χ0) is 20.1. The minimum Gasteiger partial charge on any atom is -0.477 e. The van der Waals surface area contributed by atoms with E-state index in [1.54, 1.807) is 4.90 Å². The van der Waals surface area contributed by atoms with Crippen molar-refractivity contribution in [2.24, 2.45) is 0 Å². The Balaban J connectivity index is 1.31. The quantitative estimate of drug-likeness (QED) is 0.551. The molecule has 0 unspecified atom stereocenters. The van der Waals surface area contributed by atoms with Crippen LogP contribution in [-0.2, 0) is 17.8 Å². The fourth-order valence-electron chi connectivity index (χ4n) is 4.15. The van der Waals surface area contributed by atoms with E-state index in [4.69, 9.17) is 4.74 Å². The summed E-state index contributed by atoms with van der Waals surface area (Å²) in [6.07, 6.45) is -0.376. The number of fused-ring (bicyclic) bond motifs is 4. The van der Waals surface area contributed by atoms with Crippen LogP contribution in [0.25, 0.3) is 11.1 Å². The zero-order valence-electron chi connectivity index (χ0n) is 15.2. The molecule has 0 saturated heterocycles. The van der Waals surface area contributed by atoms with E-state index in [0.29, 0.717) is 17.6 Å². The fraction of sp³-hybridized carbons (Fsp3) is 0.182. The highest BCUT2D eigenvalue weighted by atomic mass is 79.9. The number of carboxylic acids is 1. The zero-order valence-corrected chi connectivity index (χ0v) is 17.6. The summed E-state index contributed by atoms with van der Waals surface area (Å²) in [5.41, 5.74) is 5.60. The number of halogens is 1. The number of rotatable bonds is 3. The average molecular weight is 470 g/mol. The molecule has 2 heterocycles. The van der Waals surface area contributed by atoms with Gasteiger partial charge in [-0.2, -0.15) is 0 Å². The molecule has 5 nitrogen and oxygen atoms in total. The van der Waals surface area contributed by atoms with E-state index < -0.39 is 5.97 Å². The summed E-state index contributed by atoms with van der Waals surface area (Å²) >= 11 is 4.57. The lowest BCUT2D eigenvalue weighted by atomic mass is 9.98. The number of hydrogen-bond acceptors (Lipinski definition) is 4. The van der Waals surface area contributed by atoms with Crippen LogP contribution < -0.4 is 0 Å². The molecule has 3 aromatic rings. The van der Waals surface area contributed by atoms with Gasteiger partial charge in [-0.25, -0.2) is 9.59 Å². The minimum absolute atomic E-state index is 0.0216. The first kappa shape index (κ1) is 18.4. The summed E-state index contributed by atoms with van der Waals surface area (Å²) in [4.78, 5) is 26.8. The maximum absolute atomic E-state index is 12.7.